The lowest BCUT2D eigenvalue weighted by Crippen LogP contribution is -2.50. The number of aromatic nitrogens is 2. The van der Waals surface area contributed by atoms with E-state index in [0.29, 0.717) is 54.1 Å². The van der Waals surface area contributed by atoms with Gasteiger partial charge in [0, 0.05) is 30.2 Å². The van der Waals surface area contributed by atoms with Crippen LogP contribution in [0.1, 0.15) is 25.3 Å². The van der Waals surface area contributed by atoms with E-state index in [1.807, 2.05) is 24.0 Å². The number of carbonyl (C=O) groups is 1. The van der Waals surface area contributed by atoms with E-state index >= 15 is 4.39 Å². The van der Waals surface area contributed by atoms with Crippen LogP contribution in [0.4, 0.5) is 10.1 Å². The van der Waals surface area contributed by atoms with Crippen LogP contribution in [-0.4, -0.2) is 45.6 Å². The predicted molar refractivity (Wildman–Crippen MR) is 117 cm³/mol. The smallest absolute Gasteiger partial charge is 0.323 e. The van der Waals surface area contributed by atoms with Crippen molar-refractivity contribution in [1.82, 2.24) is 14.9 Å². The Balaban J connectivity index is 1.34. The first-order chi connectivity index (χ1) is 14.3. The first-order valence-electron chi connectivity index (χ1n) is 10.0. The highest BCUT2D eigenvalue weighted by Gasteiger charge is 2.37. The second kappa shape index (κ2) is 8.24. The van der Waals surface area contributed by atoms with Gasteiger partial charge in [-0.05, 0) is 55.7 Å². The molecule has 1 aromatic heterocycles. The van der Waals surface area contributed by atoms with Gasteiger partial charge < -0.3 is 15.3 Å². The molecule has 0 spiro atoms. The largest absolute Gasteiger partial charge is 0.325 e. The molecule has 1 aliphatic rings. The van der Waals surface area contributed by atoms with E-state index in [0.717, 1.165) is 5.56 Å². The Morgan fingerprint density at radius 1 is 1.17 bits per heavy atom. The number of carbonyl (C=O) groups excluding carboxylic acids is 1. The number of hydrogen-bond acceptors (Lipinski definition) is 3. The van der Waals surface area contributed by atoms with Crippen LogP contribution >= 0.6 is 11.6 Å². The molecular weight excluding hydrogens is 407 g/mol. The Bertz CT molecular complexity index is 1100. The average Bonchev–Trinajstić information content (AvgIpc) is 3.09. The third kappa shape index (κ3) is 4.57. The number of nitrogens with one attached hydrogen (secondary N) is 3. The molecule has 0 bridgehead atoms. The Hall–Kier alpha value is -2.64. The summed E-state index contributed by atoms with van der Waals surface area (Å²) < 4.78 is 15.3. The van der Waals surface area contributed by atoms with Crippen LogP contribution in [0.2, 0.25) is 5.02 Å². The summed E-state index contributed by atoms with van der Waals surface area (Å²) in [5.74, 6) is -0.156. The third-order valence-corrected chi connectivity index (χ3v) is 6.09. The zero-order valence-corrected chi connectivity index (χ0v) is 17.4. The molecule has 30 heavy (non-hydrogen) atoms. The highest BCUT2D eigenvalue weighted by molar-refractivity contribution is 6.30. The van der Waals surface area contributed by atoms with Gasteiger partial charge in [-0.15, -0.1) is 0 Å². The van der Waals surface area contributed by atoms with E-state index in [1.54, 1.807) is 30.3 Å². The number of hydrogen-bond donors (Lipinski definition) is 3. The number of amides is 1. The molecule has 6 nitrogen and oxygen atoms in total. The van der Waals surface area contributed by atoms with Crippen molar-refractivity contribution in [2.75, 3.05) is 18.4 Å². The molecule has 1 fully saturated rings. The number of piperidine rings is 1. The summed E-state index contributed by atoms with van der Waals surface area (Å²) in [5.41, 5.74) is 1.29. The van der Waals surface area contributed by atoms with Gasteiger partial charge in [0.2, 0.25) is 5.91 Å². The Morgan fingerprint density at radius 2 is 1.83 bits per heavy atom. The van der Waals surface area contributed by atoms with Crippen LogP contribution in [-0.2, 0) is 11.2 Å². The van der Waals surface area contributed by atoms with Crippen LogP contribution in [0, 0.1) is 0 Å². The minimum absolute atomic E-state index is 0.156. The fourth-order valence-corrected chi connectivity index (χ4v) is 4.11. The molecule has 4 rings (SSSR count). The highest BCUT2D eigenvalue weighted by Crippen LogP contribution is 2.31. The van der Waals surface area contributed by atoms with E-state index in [1.165, 1.54) is 0 Å². The number of halogens is 2. The molecule has 1 amide bonds. The predicted octanol–water partition coefficient (Wildman–Crippen LogP) is 3.88. The number of aromatic amines is 2. The van der Waals surface area contributed by atoms with Crippen molar-refractivity contribution in [2.45, 2.75) is 37.9 Å². The number of fused-ring (bicyclic) bond motifs is 1. The van der Waals surface area contributed by atoms with Gasteiger partial charge in [0.25, 0.3) is 0 Å². The van der Waals surface area contributed by atoms with E-state index in [-0.39, 0.29) is 17.6 Å². The van der Waals surface area contributed by atoms with E-state index < -0.39 is 5.67 Å². The molecule has 0 radical (unpaired) electrons. The molecule has 2 aromatic carbocycles. The number of nitrogens with zero attached hydrogens (tertiary/aromatic N) is 1. The average molecular weight is 431 g/mol. The van der Waals surface area contributed by atoms with Gasteiger partial charge in [-0.3, -0.25) is 9.69 Å². The second-order valence-corrected chi connectivity index (χ2v) is 8.43. The standard InChI is InChI=1S/C22H24ClFN4O2/c1-14(20(29)25-17-6-7-18-19(12-17)27-21(30)26-18)28-10-8-22(24,9-11-28)13-15-2-4-16(23)5-3-15/h2-7,12,14H,8-11,13H2,1H3,(H,25,29)(H2,26,27,30). The molecule has 1 atom stereocenters. The maximum absolute atomic E-state index is 15.3. The molecule has 2 heterocycles. The molecule has 3 N–H and O–H groups in total. The molecular formula is C22H24ClFN4O2. The first kappa shape index (κ1) is 20.6. The lowest BCUT2D eigenvalue weighted by atomic mass is 9.86. The van der Waals surface area contributed by atoms with Crippen molar-refractivity contribution in [1.29, 1.82) is 0 Å². The maximum Gasteiger partial charge on any atom is 0.323 e. The molecule has 0 aliphatic carbocycles. The minimum Gasteiger partial charge on any atom is -0.325 e. The zero-order valence-electron chi connectivity index (χ0n) is 16.7. The van der Waals surface area contributed by atoms with E-state index in [9.17, 15) is 9.59 Å². The highest BCUT2D eigenvalue weighted by atomic mass is 35.5. The summed E-state index contributed by atoms with van der Waals surface area (Å²) in [6.07, 6.45) is 1.11. The second-order valence-electron chi connectivity index (χ2n) is 7.99. The summed E-state index contributed by atoms with van der Waals surface area (Å²) in [5, 5.41) is 3.53. The first-order valence-corrected chi connectivity index (χ1v) is 10.4. The number of rotatable bonds is 5. The molecule has 1 saturated heterocycles. The van der Waals surface area contributed by atoms with Crippen molar-refractivity contribution in [3.63, 3.8) is 0 Å². The van der Waals surface area contributed by atoms with Crippen molar-refractivity contribution >= 4 is 34.2 Å². The lowest BCUT2D eigenvalue weighted by molar-refractivity contribution is -0.121. The summed E-state index contributed by atoms with van der Waals surface area (Å²) in [6, 6.07) is 12.1. The van der Waals surface area contributed by atoms with Gasteiger partial charge in [0.15, 0.2) is 0 Å². The fourth-order valence-electron chi connectivity index (χ4n) is 3.98. The van der Waals surface area contributed by atoms with Gasteiger partial charge in [-0.2, -0.15) is 0 Å². The van der Waals surface area contributed by atoms with Crippen LogP contribution in [0.5, 0.6) is 0 Å². The maximum atomic E-state index is 15.3. The van der Waals surface area contributed by atoms with Crippen molar-refractivity contribution in [3.8, 4) is 0 Å². The Labute approximate surface area is 178 Å². The Morgan fingerprint density at radius 3 is 2.53 bits per heavy atom. The molecule has 0 saturated carbocycles. The minimum atomic E-state index is -1.27. The lowest BCUT2D eigenvalue weighted by Gasteiger charge is -2.39. The number of likely N-dealkylation sites (tertiary alicyclic amines) is 1. The quantitative estimate of drug-likeness (QED) is 0.574. The Kier molecular flexibility index (Phi) is 5.66. The number of H-pyrrole nitrogens is 2. The van der Waals surface area contributed by atoms with E-state index in [2.05, 4.69) is 15.3 Å². The van der Waals surface area contributed by atoms with Gasteiger partial charge in [0.05, 0.1) is 17.1 Å². The fraction of sp³-hybridized carbons (Fsp3) is 0.364. The molecule has 3 aromatic rings. The summed E-state index contributed by atoms with van der Waals surface area (Å²) in [7, 11) is 0. The monoisotopic (exact) mass is 430 g/mol. The third-order valence-electron chi connectivity index (χ3n) is 5.84. The van der Waals surface area contributed by atoms with E-state index in [4.69, 9.17) is 11.6 Å². The summed E-state index contributed by atoms with van der Waals surface area (Å²) in [6.45, 7) is 2.86. The molecule has 8 heteroatoms. The van der Waals surface area contributed by atoms with Crippen molar-refractivity contribution in [3.05, 3.63) is 63.5 Å². The molecule has 1 aliphatic heterocycles. The number of alkyl halides is 1. The summed E-state index contributed by atoms with van der Waals surface area (Å²) >= 11 is 5.90. The molecule has 158 valence electrons. The molecule has 1 unspecified atom stereocenters. The summed E-state index contributed by atoms with van der Waals surface area (Å²) in [4.78, 5) is 31.4. The van der Waals surface area contributed by atoms with Gasteiger partial charge in [-0.25, -0.2) is 9.18 Å². The number of benzene rings is 2. The van der Waals surface area contributed by atoms with Crippen LogP contribution in [0.3, 0.4) is 0 Å². The number of anilines is 1. The number of imidazole rings is 1. The van der Waals surface area contributed by atoms with Crippen LogP contribution in [0.15, 0.2) is 47.3 Å². The van der Waals surface area contributed by atoms with Crippen LogP contribution in [0.25, 0.3) is 11.0 Å². The van der Waals surface area contributed by atoms with Gasteiger partial charge >= 0.3 is 5.69 Å². The van der Waals surface area contributed by atoms with Gasteiger partial charge in [0.1, 0.15) is 5.67 Å². The van der Waals surface area contributed by atoms with Crippen molar-refractivity contribution < 1.29 is 9.18 Å². The topological polar surface area (TPSA) is 81.0 Å². The normalized spacial score (nSPS) is 17.7. The zero-order chi connectivity index (χ0) is 21.3. The SMILES string of the molecule is CC(C(=O)Nc1ccc2[nH]c(=O)[nH]c2c1)N1CCC(F)(Cc2ccc(Cl)cc2)CC1. The van der Waals surface area contributed by atoms with Gasteiger partial charge in [-0.1, -0.05) is 23.7 Å². The van der Waals surface area contributed by atoms with Crippen LogP contribution < -0.4 is 11.0 Å². The van der Waals surface area contributed by atoms with Crippen molar-refractivity contribution in [2.24, 2.45) is 0 Å².